The quantitative estimate of drug-likeness (QED) is 0.595. The Balaban J connectivity index is 2.81. The molecule has 0 atom stereocenters. The highest BCUT2D eigenvalue weighted by atomic mass is 16.2. The van der Waals surface area contributed by atoms with Crippen LogP contribution < -0.4 is 11.2 Å². The number of rotatable bonds is 5. The summed E-state index contributed by atoms with van der Waals surface area (Å²) in [6.45, 7) is 4.14. The summed E-state index contributed by atoms with van der Waals surface area (Å²) in [4.78, 5) is 10.6. The fourth-order valence-corrected chi connectivity index (χ4v) is 1.62. The fraction of sp³-hybridized carbons (Fsp3) is 0.385. The lowest BCUT2D eigenvalue weighted by Gasteiger charge is -2.05. The molecule has 3 N–H and O–H groups in total. The van der Waals surface area contributed by atoms with Crippen molar-refractivity contribution in [2.24, 2.45) is 10.8 Å². The summed E-state index contributed by atoms with van der Waals surface area (Å²) in [5.74, 6) is 0. The third-order valence-electron chi connectivity index (χ3n) is 2.46. The second-order valence-corrected chi connectivity index (χ2v) is 3.84. The molecule has 0 fully saturated rings. The van der Waals surface area contributed by atoms with E-state index in [0.29, 0.717) is 0 Å². The number of nitrogens with two attached hydrogens (primary N) is 1. The van der Waals surface area contributed by atoms with Gasteiger partial charge in [0.05, 0.1) is 5.71 Å². The van der Waals surface area contributed by atoms with Gasteiger partial charge in [-0.2, -0.15) is 5.10 Å². The topological polar surface area (TPSA) is 67.5 Å². The van der Waals surface area contributed by atoms with E-state index >= 15 is 0 Å². The summed E-state index contributed by atoms with van der Waals surface area (Å²) in [6.07, 6.45) is 2.96. The maximum Gasteiger partial charge on any atom is 0.332 e. The molecule has 4 nitrogen and oxygen atoms in total. The first kappa shape index (κ1) is 13.2. The molecule has 0 spiro atoms. The number of aryl methyl sites for hydroxylation is 1. The van der Waals surface area contributed by atoms with Crippen LogP contribution >= 0.6 is 0 Å². The van der Waals surface area contributed by atoms with Gasteiger partial charge < -0.3 is 5.73 Å². The van der Waals surface area contributed by atoms with Crippen molar-refractivity contribution >= 4 is 11.7 Å². The molecule has 0 aliphatic rings. The van der Waals surface area contributed by atoms with Crippen molar-refractivity contribution in [2.75, 3.05) is 0 Å². The maximum atomic E-state index is 10.6. The van der Waals surface area contributed by atoms with Crippen molar-refractivity contribution in [1.29, 1.82) is 0 Å². The Morgan fingerprint density at radius 3 is 2.41 bits per heavy atom. The zero-order valence-electron chi connectivity index (χ0n) is 10.4. The summed E-state index contributed by atoms with van der Waals surface area (Å²) < 4.78 is 0. The Labute approximate surface area is 102 Å². The number of carbonyl (C=O) groups is 1. The van der Waals surface area contributed by atoms with E-state index in [0.717, 1.165) is 30.5 Å². The van der Waals surface area contributed by atoms with Crippen LogP contribution in [-0.2, 0) is 6.42 Å². The molecular formula is C13H19N3O. The van der Waals surface area contributed by atoms with Gasteiger partial charge in [0.2, 0.25) is 0 Å². The monoisotopic (exact) mass is 233 g/mol. The SMILES string of the molecule is CCCc1ccc(C(CC)=NNC(N)=O)cc1. The first-order valence-electron chi connectivity index (χ1n) is 5.88. The lowest BCUT2D eigenvalue weighted by Crippen LogP contribution is -2.25. The first-order chi connectivity index (χ1) is 8.17. The molecule has 2 amide bonds. The lowest BCUT2D eigenvalue weighted by atomic mass is 10.0. The van der Waals surface area contributed by atoms with Crippen LogP contribution in [0.4, 0.5) is 4.79 Å². The molecule has 0 heterocycles. The van der Waals surface area contributed by atoms with Crippen LogP contribution in [0.1, 0.15) is 37.8 Å². The second-order valence-electron chi connectivity index (χ2n) is 3.84. The van der Waals surface area contributed by atoms with Gasteiger partial charge in [0, 0.05) is 0 Å². The van der Waals surface area contributed by atoms with E-state index in [2.05, 4.69) is 29.6 Å². The molecule has 1 aromatic carbocycles. The Hall–Kier alpha value is -1.84. The van der Waals surface area contributed by atoms with E-state index in [1.807, 2.05) is 19.1 Å². The average Bonchev–Trinajstić information content (AvgIpc) is 2.32. The molecule has 0 aromatic heterocycles. The Bertz CT molecular complexity index is 396. The highest BCUT2D eigenvalue weighted by molar-refractivity contribution is 6.00. The minimum Gasteiger partial charge on any atom is -0.350 e. The van der Waals surface area contributed by atoms with E-state index in [1.54, 1.807) is 0 Å². The van der Waals surface area contributed by atoms with Gasteiger partial charge in [-0.15, -0.1) is 0 Å². The number of hydrogen-bond donors (Lipinski definition) is 2. The number of nitrogens with one attached hydrogen (secondary N) is 1. The van der Waals surface area contributed by atoms with Crippen LogP contribution in [0, 0.1) is 0 Å². The number of benzene rings is 1. The largest absolute Gasteiger partial charge is 0.350 e. The zero-order chi connectivity index (χ0) is 12.7. The predicted molar refractivity (Wildman–Crippen MR) is 70.0 cm³/mol. The second kappa shape index (κ2) is 6.68. The van der Waals surface area contributed by atoms with Crippen LogP contribution in [0.15, 0.2) is 29.4 Å². The first-order valence-corrected chi connectivity index (χ1v) is 5.88. The summed E-state index contributed by atoms with van der Waals surface area (Å²) >= 11 is 0. The van der Waals surface area contributed by atoms with Crippen molar-refractivity contribution in [2.45, 2.75) is 33.1 Å². The highest BCUT2D eigenvalue weighted by Crippen LogP contribution is 2.09. The standard InChI is InChI=1S/C13H19N3O/c1-3-5-10-6-8-11(9-7-10)12(4-2)15-16-13(14)17/h6-9H,3-5H2,1-2H3,(H3,14,16,17). The van der Waals surface area contributed by atoms with Crippen molar-refractivity contribution in [3.63, 3.8) is 0 Å². The number of amides is 2. The molecule has 0 aliphatic heterocycles. The molecule has 0 unspecified atom stereocenters. The van der Waals surface area contributed by atoms with Crippen LogP contribution in [0.25, 0.3) is 0 Å². The van der Waals surface area contributed by atoms with Gasteiger partial charge in [-0.05, 0) is 24.0 Å². The molecule has 0 radical (unpaired) electrons. The molecule has 4 heteroatoms. The minimum absolute atomic E-state index is 0.640. The van der Waals surface area contributed by atoms with Gasteiger partial charge in [0.25, 0.3) is 0 Å². The Kier molecular flexibility index (Phi) is 5.20. The normalized spacial score (nSPS) is 11.3. The summed E-state index contributed by atoms with van der Waals surface area (Å²) in [7, 11) is 0. The molecule has 1 rings (SSSR count). The third kappa shape index (κ3) is 4.26. The van der Waals surface area contributed by atoms with Crippen LogP contribution in [0.3, 0.4) is 0 Å². The van der Waals surface area contributed by atoms with Gasteiger partial charge >= 0.3 is 6.03 Å². The summed E-state index contributed by atoms with van der Waals surface area (Å²) in [5.41, 5.74) is 10.4. The minimum atomic E-state index is -0.640. The Morgan fingerprint density at radius 1 is 1.29 bits per heavy atom. The number of carbonyl (C=O) groups excluding carboxylic acids is 1. The van der Waals surface area contributed by atoms with Crippen molar-refractivity contribution < 1.29 is 4.79 Å². The predicted octanol–water partition coefficient (Wildman–Crippen LogP) is 2.42. The van der Waals surface area contributed by atoms with Gasteiger partial charge in [0.1, 0.15) is 0 Å². The van der Waals surface area contributed by atoms with Crippen molar-refractivity contribution in [1.82, 2.24) is 5.43 Å². The fourth-order valence-electron chi connectivity index (χ4n) is 1.62. The highest BCUT2D eigenvalue weighted by Gasteiger charge is 2.02. The number of urea groups is 1. The van der Waals surface area contributed by atoms with Gasteiger partial charge in [-0.3, -0.25) is 0 Å². The third-order valence-corrected chi connectivity index (χ3v) is 2.46. The molecule has 0 bridgehead atoms. The molecule has 0 saturated heterocycles. The maximum absolute atomic E-state index is 10.6. The van der Waals surface area contributed by atoms with E-state index in [-0.39, 0.29) is 0 Å². The average molecular weight is 233 g/mol. The van der Waals surface area contributed by atoms with Gasteiger partial charge in [-0.25, -0.2) is 10.2 Å². The number of hydrazone groups is 1. The van der Waals surface area contributed by atoms with Crippen LogP contribution in [0.5, 0.6) is 0 Å². The molecule has 1 aromatic rings. The summed E-state index contributed by atoms with van der Waals surface area (Å²) in [6, 6.07) is 7.59. The lowest BCUT2D eigenvalue weighted by molar-refractivity contribution is 0.249. The number of nitrogens with zero attached hydrogens (tertiary/aromatic N) is 1. The molecule has 92 valence electrons. The zero-order valence-corrected chi connectivity index (χ0v) is 10.4. The van der Waals surface area contributed by atoms with E-state index < -0.39 is 6.03 Å². The van der Waals surface area contributed by atoms with E-state index in [1.165, 1.54) is 5.56 Å². The number of primary amides is 1. The number of hydrogen-bond acceptors (Lipinski definition) is 2. The smallest absolute Gasteiger partial charge is 0.332 e. The van der Waals surface area contributed by atoms with Gasteiger partial charge in [0.15, 0.2) is 0 Å². The van der Waals surface area contributed by atoms with Crippen LogP contribution in [-0.4, -0.2) is 11.7 Å². The van der Waals surface area contributed by atoms with Crippen molar-refractivity contribution in [3.8, 4) is 0 Å². The molecular weight excluding hydrogens is 214 g/mol. The molecule has 0 aliphatic carbocycles. The van der Waals surface area contributed by atoms with Crippen LogP contribution in [0.2, 0.25) is 0 Å². The molecule has 17 heavy (non-hydrogen) atoms. The van der Waals surface area contributed by atoms with Crippen molar-refractivity contribution in [3.05, 3.63) is 35.4 Å². The van der Waals surface area contributed by atoms with E-state index in [9.17, 15) is 4.79 Å². The Morgan fingerprint density at radius 2 is 1.94 bits per heavy atom. The van der Waals surface area contributed by atoms with Gasteiger partial charge in [-0.1, -0.05) is 44.5 Å². The summed E-state index contributed by atoms with van der Waals surface area (Å²) in [5, 5.41) is 3.98. The molecule has 0 saturated carbocycles. The van der Waals surface area contributed by atoms with E-state index in [4.69, 9.17) is 5.73 Å².